The highest BCUT2D eigenvalue weighted by Gasteiger charge is 2.18. The summed E-state index contributed by atoms with van der Waals surface area (Å²) in [6.45, 7) is 5.94. The van der Waals surface area contributed by atoms with Crippen molar-refractivity contribution in [1.82, 2.24) is 5.32 Å². The molecule has 3 amide bonds. The number of benzene rings is 4. The Morgan fingerprint density at radius 3 is 2.19 bits per heavy atom. The van der Waals surface area contributed by atoms with E-state index in [0.717, 1.165) is 16.0 Å². The van der Waals surface area contributed by atoms with Crippen LogP contribution in [0.25, 0.3) is 6.08 Å². The van der Waals surface area contributed by atoms with E-state index in [2.05, 4.69) is 29.8 Å². The van der Waals surface area contributed by atoms with Gasteiger partial charge in [0.2, 0.25) is 5.91 Å². The molecular formula is C34H31ClFN3O3S. The zero-order chi connectivity index (χ0) is 30.9. The number of anilines is 2. The van der Waals surface area contributed by atoms with Crippen molar-refractivity contribution in [3.05, 3.63) is 130 Å². The molecule has 4 aromatic carbocycles. The molecule has 4 aromatic rings. The third-order valence-corrected chi connectivity index (χ3v) is 7.79. The maximum absolute atomic E-state index is 13.5. The van der Waals surface area contributed by atoms with Gasteiger partial charge < -0.3 is 16.0 Å². The van der Waals surface area contributed by atoms with Crippen LogP contribution in [0.4, 0.5) is 15.8 Å². The largest absolute Gasteiger partial charge is 0.325 e. The van der Waals surface area contributed by atoms with Crippen LogP contribution >= 0.6 is 23.4 Å². The van der Waals surface area contributed by atoms with E-state index in [1.807, 2.05) is 36.4 Å². The Bertz CT molecular complexity index is 1640. The Balaban J connectivity index is 1.49. The Kier molecular flexibility index (Phi) is 10.8. The smallest absolute Gasteiger partial charge is 0.272 e. The molecule has 0 spiro atoms. The summed E-state index contributed by atoms with van der Waals surface area (Å²) in [6, 6.07) is 27.5. The number of nitrogens with one attached hydrogen (secondary N) is 3. The lowest BCUT2D eigenvalue weighted by molar-refractivity contribution is -0.115. The molecule has 9 heteroatoms. The summed E-state index contributed by atoms with van der Waals surface area (Å²) in [7, 11) is 0. The minimum Gasteiger partial charge on any atom is -0.325 e. The molecule has 0 aliphatic heterocycles. The summed E-state index contributed by atoms with van der Waals surface area (Å²) < 4.78 is 13.4. The zero-order valence-electron chi connectivity index (χ0n) is 23.9. The molecule has 220 valence electrons. The molecule has 0 fully saturated rings. The van der Waals surface area contributed by atoms with E-state index in [4.69, 9.17) is 11.6 Å². The number of halogens is 2. The number of rotatable bonds is 10. The Labute approximate surface area is 259 Å². The molecule has 0 saturated carbocycles. The first-order chi connectivity index (χ1) is 20.6. The highest BCUT2D eigenvalue weighted by Crippen LogP contribution is 2.28. The molecule has 0 aromatic heterocycles. The summed E-state index contributed by atoms with van der Waals surface area (Å²) in [5.74, 6) is -1.41. The van der Waals surface area contributed by atoms with Crippen molar-refractivity contribution in [1.29, 1.82) is 0 Å². The van der Waals surface area contributed by atoms with E-state index in [1.165, 1.54) is 30.0 Å². The van der Waals surface area contributed by atoms with Crippen molar-refractivity contribution in [2.75, 3.05) is 10.6 Å². The van der Waals surface area contributed by atoms with E-state index >= 15 is 0 Å². The van der Waals surface area contributed by atoms with E-state index in [-0.39, 0.29) is 16.6 Å². The van der Waals surface area contributed by atoms with Gasteiger partial charge in [-0.15, -0.1) is 11.8 Å². The zero-order valence-corrected chi connectivity index (χ0v) is 25.4. The van der Waals surface area contributed by atoms with Gasteiger partial charge in [-0.25, -0.2) is 4.39 Å². The van der Waals surface area contributed by atoms with Crippen LogP contribution in [0.15, 0.2) is 108 Å². The Morgan fingerprint density at radius 1 is 0.814 bits per heavy atom. The number of hydrogen-bond donors (Lipinski definition) is 3. The molecule has 6 nitrogen and oxygen atoms in total. The molecule has 0 aliphatic rings. The van der Waals surface area contributed by atoms with Crippen LogP contribution in [0.3, 0.4) is 0 Å². The van der Waals surface area contributed by atoms with Gasteiger partial charge in [-0.1, -0.05) is 74.0 Å². The quantitative estimate of drug-likeness (QED) is 0.124. The van der Waals surface area contributed by atoms with E-state index in [0.29, 0.717) is 22.9 Å². The van der Waals surface area contributed by atoms with Gasteiger partial charge in [0.05, 0.1) is 10.3 Å². The average molecular weight is 616 g/mol. The molecule has 4 rings (SSSR count). The monoisotopic (exact) mass is 615 g/mol. The predicted octanol–water partition coefficient (Wildman–Crippen LogP) is 8.13. The minimum atomic E-state index is -0.567. The molecule has 1 unspecified atom stereocenters. The summed E-state index contributed by atoms with van der Waals surface area (Å²) >= 11 is 7.10. The van der Waals surface area contributed by atoms with Crippen molar-refractivity contribution in [2.45, 2.75) is 36.8 Å². The van der Waals surface area contributed by atoms with Gasteiger partial charge in [-0.2, -0.15) is 0 Å². The van der Waals surface area contributed by atoms with Crippen LogP contribution in [-0.4, -0.2) is 23.0 Å². The summed E-state index contributed by atoms with van der Waals surface area (Å²) in [4.78, 5) is 39.9. The lowest BCUT2D eigenvalue weighted by Gasteiger charge is -2.14. The SMILES string of the molecule is CC(Sc1cccc(NC(=O)/C(=C\c2ccc(C(C)C)cc2)NC(=O)c2ccccc2)c1)C(=O)Nc1ccc(F)c(Cl)c1. The van der Waals surface area contributed by atoms with Crippen molar-refractivity contribution >= 4 is 58.5 Å². The summed E-state index contributed by atoms with van der Waals surface area (Å²) in [6.07, 6.45) is 1.63. The molecule has 0 aliphatic carbocycles. The highest BCUT2D eigenvalue weighted by molar-refractivity contribution is 8.00. The van der Waals surface area contributed by atoms with Gasteiger partial charge in [0.1, 0.15) is 11.5 Å². The number of amides is 3. The van der Waals surface area contributed by atoms with Crippen molar-refractivity contribution in [3.8, 4) is 0 Å². The lowest BCUT2D eigenvalue weighted by atomic mass is 10.0. The van der Waals surface area contributed by atoms with Crippen LogP contribution < -0.4 is 16.0 Å². The summed E-state index contributed by atoms with van der Waals surface area (Å²) in [5.41, 5.74) is 3.30. The van der Waals surface area contributed by atoms with Gasteiger partial charge >= 0.3 is 0 Å². The second kappa shape index (κ2) is 14.7. The number of carbonyl (C=O) groups is 3. The summed E-state index contributed by atoms with van der Waals surface area (Å²) in [5, 5.41) is 7.74. The van der Waals surface area contributed by atoms with Crippen LogP contribution in [0.2, 0.25) is 5.02 Å². The van der Waals surface area contributed by atoms with Crippen molar-refractivity contribution in [2.24, 2.45) is 0 Å². The van der Waals surface area contributed by atoms with Gasteiger partial charge in [-0.05, 0) is 78.6 Å². The molecule has 0 bridgehead atoms. The van der Waals surface area contributed by atoms with Gasteiger partial charge in [0.15, 0.2) is 0 Å². The van der Waals surface area contributed by atoms with Crippen molar-refractivity contribution in [3.63, 3.8) is 0 Å². The fraction of sp³-hybridized carbons (Fsp3) is 0.147. The second-order valence-electron chi connectivity index (χ2n) is 10.1. The van der Waals surface area contributed by atoms with E-state index in [1.54, 1.807) is 55.5 Å². The highest BCUT2D eigenvalue weighted by atomic mass is 35.5. The third-order valence-electron chi connectivity index (χ3n) is 6.40. The molecule has 0 saturated heterocycles. The molecule has 1 atom stereocenters. The Hall–Kier alpha value is -4.40. The van der Waals surface area contributed by atoms with Crippen LogP contribution in [0.1, 0.15) is 48.2 Å². The van der Waals surface area contributed by atoms with Crippen LogP contribution in [0.5, 0.6) is 0 Å². The predicted molar refractivity (Wildman–Crippen MR) is 173 cm³/mol. The van der Waals surface area contributed by atoms with Gasteiger partial charge in [-0.3, -0.25) is 14.4 Å². The van der Waals surface area contributed by atoms with Crippen LogP contribution in [0, 0.1) is 5.82 Å². The fourth-order valence-corrected chi connectivity index (χ4v) is 5.11. The second-order valence-corrected chi connectivity index (χ2v) is 11.9. The number of carbonyl (C=O) groups excluding carboxylic acids is 3. The topological polar surface area (TPSA) is 87.3 Å². The van der Waals surface area contributed by atoms with E-state index in [9.17, 15) is 18.8 Å². The van der Waals surface area contributed by atoms with Crippen LogP contribution in [-0.2, 0) is 9.59 Å². The van der Waals surface area contributed by atoms with Gasteiger partial charge in [0.25, 0.3) is 11.8 Å². The third kappa shape index (κ3) is 9.04. The maximum Gasteiger partial charge on any atom is 0.272 e. The fourth-order valence-electron chi connectivity index (χ4n) is 4.01. The lowest BCUT2D eigenvalue weighted by Crippen LogP contribution is -2.30. The molecule has 0 heterocycles. The molecular weight excluding hydrogens is 585 g/mol. The molecule has 0 radical (unpaired) electrons. The van der Waals surface area contributed by atoms with Gasteiger partial charge in [0, 0.05) is 21.8 Å². The minimum absolute atomic E-state index is 0.0786. The first kappa shape index (κ1) is 31.5. The average Bonchev–Trinajstić information content (AvgIpc) is 2.99. The maximum atomic E-state index is 13.5. The van der Waals surface area contributed by atoms with E-state index < -0.39 is 22.9 Å². The Morgan fingerprint density at radius 2 is 1.51 bits per heavy atom. The number of thioether (sulfide) groups is 1. The first-order valence-electron chi connectivity index (χ1n) is 13.6. The molecule has 43 heavy (non-hydrogen) atoms. The normalized spacial score (nSPS) is 12.0. The first-order valence-corrected chi connectivity index (χ1v) is 14.9. The molecule has 3 N–H and O–H groups in total. The standard InChI is InChI=1S/C34H31ClFN3O3S/c1-21(2)24-14-12-23(13-15-24)18-31(39-33(41)25-8-5-4-6-9-25)34(42)38-26-10-7-11-28(19-26)43-22(3)32(40)37-27-16-17-30(36)29(35)20-27/h4-22H,1-3H3,(H,37,40)(H,38,42)(H,39,41)/b31-18+. The number of hydrogen-bond acceptors (Lipinski definition) is 4. The van der Waals surface area contributed by atoms with Crippen molar-refractivity contribution < 1.29 is 18.8 Å².